The van der Waals surface area contributed by atoms with E-state index in [0.29, 0.717) is 30.3 Å². The van der Waals surface area contributed by atoms with Crippen molar-refractivity contribution in [2.24, 2.45) is 0 Å². The Morgan fingerprint density at radius 2 is 1.74 bits per heavy atom. The number of methoxy groups -OCH3 is 1. The van der Waals surface area contributed by atoms with E-state index in [1.165, 1.54) is 5.56 Å². The second-order valence-corrected chi connectivity index (χ2v) is 8.50. The zero-order chi connectivity index (χ0) is 24.2. The highest BCUT2D eigenvalue weighted by molar-refractivity contribution is 6.03. The first-order chi connectivity index (χ1) is 17.1. The van der Waals surface area contributed by atoms with Crippen molar-refractivity contribution in [3.8, 4) is 17.0 Å². The summed E-state index contributed by atoms with van der Waals surface area (Å²) < 4.78 is 10.9. The standard InChI is InChI=1S/C28H28N4O3/c1-19-7-9-20(10-8-19)25-18-26(32-13-15-35-16-14-32)22-17-21(11-12-23(22)30-25)29-28(33)31-24-5-3-4-6-27(24)34-2/h3-12,17-18H,13-16H2,1-2H3,(H2,29,31,33). The monoisotopic (exact) mass is 468 g/mol. The van der Waals surface area contributed by atoms with Crippen LogP contribution in [-0.2, 0) is 4.74 Å². The molecule has 7 heteroatoms. The number of anilines is 3. The third kappa shape index (κ3) is 5.05. The average Bonchev–Trinajstić information content (AvgIpc) is 2.89. The van der Waals surface area contributed by atoms with Gasteiger partial charge in [0.2, 0.25) is 0 Å². The number of para-hydroxylation sites is 2. The molecule has 4 aromatic rings. The number of carbonyl (C=O) groups is 1. The van der Waals surface area contributed by atoms with Gasteiger partial charge in [-0.2, -0.15) is 0 Å². The van der Waals surface area contributed by atoms with Gasteiger partial charge < -0.3 is 25.0 Å². The van der Waals surface area contributed by atoms with E-state index in [0.717, 1.165) is 40.9 Å². The fourth-order valence-corrected chi connectivity index (χ4v) is 4.26. The molecule has 0 radical (unpaired) electrons. The van der Waals surface area contributed by atoms with Crippen LogP contribution < -0.4 is 20.3 Å². The molecule has 35 heavy (non-hydrogen) atoms. The molecule has 178 valence electrons. The third-order valence-electron chi connectivity index (χ3n) is 6.10. The van der Waals surface area contributed by atoms with Crippen LogP contribution in [0.5, 0.6) is 5.75 Å². The van der Waals surface area contributed by atoms with Crippen molar-refractivity contribution in [2.45, 2.75) is 6.92 Å². The predicted octanol–water partition coefficient (Wildman–Crippen LogP) is 5.70. The average molecular weight is 469 g/mol. The van der Waals surface area contributed by atoms with Gasteiger partial charge in [0, 0.05) is 35.4 Å². The van der Waals surface area contributed by atoms with Crippen LogP contribution in [0.2, 0.25) is 0 Å². The van der Waals surface area contributed by atoms with E-state index < -0.39 is 0 Å². The van der Waals surface area contributed by atoms with Gasteiger partial charge >= 0.3 is 6.03 Å². The minimum absolute atomic E-state index is 0.342. The van der Waals surface area contributed by atoms with E-state index >= 15 is 0 Å². The van der Waals surface area contributed by atoms with E-state index in [1.54, 1.807) is 19.2 Å². The van der Waals surface area contributed by atoms with Gasteiger partial charge in [-0.1, -0.05) is 42.0 Å². The number of pyridine rings is 1. The molecule has 1 fully saturated rings. The van der Waals surface area contributed by atoms with Gasteiger partial charge in [0.25, 0.3) is 0 Å². The number of urea groups is 1. The summed E-state index contributed by atoms with van der Waals surface area (Å²) in [5, 5.41) is 6.78. The summed E-state index contributed by atoms with van der Waals surface area (Å²) in [4.78, 5) is 20.0. The molecule has 1 saturated heterocycles. The Morgan fingerprint density at radius 3 is 2.51 bits per heavy atom. The zero-order valence-corrected chi connectivity index (χ0v) is 19.9. The molecule has 0 atom stereocenters. The number of ether oxygens (including phenoxy) is 2. The summed E-state index contributed by atoms with van der Waals surface area (Å²) in [7, 11) is 1.58. The molecule has 7 nitrogen and oxygen atoms in total. The molecule has 3 aromatic carbocycles. The van der Waals surface area contributed by atoms with E-state index in [2.05, 4.69) is 52.8 Å². The maximum absolute atomic E-state index is 12.7. The SMILES string of the molecule is COc1ccccc1NC(=O)Nc1ccc2nc(-c3ccc(C)cc3)cc(N3CCOCC3)c2c1. The van der Waals surface area contributed by atoms with Crippen molar-refractivity contribution in [3.05, 3.63) is 78.4 Å². The fourth-order valence-electron chi connectivity index (χ4n) is 4.26. The Bertz CT molecular complexity index is 1350. The Balaban J connectivity index is 1.48. The van der Waals surface area contributed by atoms with Crippen molar-refractivity contribution in [1.29, 1.82) is 0 Å². The van der Waals surface area contributed by atoms with Crippen LogP contribution in [0.15, 0.2) is 72.8 Å². The van der Waals surface area contributed by atoms with Crippen molar-refractivity contribution in [2.75, 3.05) is 48.9 Å². The van der Waals surface area contributed by atoms with Gasteiger partial charge in [-0.05, 0) is 43.3 Å². The molecule has 2 amide bonds. The number of benzene rings is 3. The normalized spacial score (nSPS) is 13.5. The van der Waals surface area contributed by atoms with Crippen molar-refractivity contribution in [1.82, 2.24) is 4.98 Å². The Kier molecular flexibility index (Phi) is 6.50. The lowest BCUT2D eigenvalue weighted by Crippen LogP contribution is -2.36. The Morgan fingerprint density at radius 1 is 0.971 bits per heavy atom. The molecule has 2 N–H and O–H groups in total. The molecule has 0 unspecified atom stereocenters. The lowest BCUT2D eigenvalue weighted by atomic mass is 10.0. The van der Waals surface area contributed by atoms with Crippen LogP contribution in [0.1, 0.15) is 5.56 Å². The van der Waals surface area contributed by atoms with Crippen LogP contribution in [0.25, 0.3) is 22.2 Å². The van der Waals surface area contributed by atoms with Crippen LogP contribution >= 0.6 is 0 Å². The molecule has 1 aromatic heterocycles. The van der Waals surface area contributed by atoms with Gasteiger partial charge in [-0.3, -0.25) is 0 Å². The highest BCUT2D eigenvalue weighted by atomic mass is 16.5. The topological polar surface area (TPSA) is 75.7 Å². The molecular weight excluding hydrogens is 440 g/mol. The summed E-state index contributed by atoms with van der Waals surface area (Å²) in [6.07, 6.45) is 0. The first kappa shape index (κ1) is 22.7. The molecule has 2 heterocycles. The quantitative estimate of drug-likeness (QED) is 0.393. The number of fused-ring (bicyclic) bond motifs is 1. The molecule has 1 aliphatic heterocycles. The minimum atomic E-state index is -0.342. The third-order valence-corrected chi connectivity index (χ3v) is 6.10. The Hall–Kier alpha value is -4.10. The van der Waals surface area contributed by atoms with Crippen LogP contribution in [0.3, 0.4) is 0 Å². The number of hydrogen-bond donors (Lipinski definition) is 2. The molecule has 5 rings (SSSR count). The lowest BCUT2D eigenvalue weighted by molar-refractivity contribution is 0.123. The van der Waals surface area contributed by atoms with Gasteiger partial charge in [0.05, 0.1) is 37.2 Å². The molecule has 0 spiro atoms. The number of hydrogen-bond acceptors (Lipinski definition) is 5. The van der Waals surface area contributed by atoms with Gasteiger partial charge in [0.1, 0.15) is 5.75 Å². The fraction of sp³-hybridized carbons (Fsp3) is 0.214. The number of carbonyl (C=O) groups excluding carboxylic acids is 1. The first-order valence-corrected chi connectivity index (χ1v) is 11.7. The van der Waals surface area contributed by atoms with Crippen LogP contribution in [0.4, 0.5) is 21.9 Å². The number of aryl methyl sites for hydroxylation is 1. The highest BCUT2D eigenvalue weighted by Crippen LogP contribution is 2.33. The summed E-state index contributed by atoms with van der Waals surface area (Å²) in [5.74, 6) is 0.601. The van der Waals surface area contributed by atoms with Gasteiger partial charge in [-0.15, -0.1) is 0 Å². The highest BCUT2D eigenvalue weighted by Gasteiger charge is 2.17. The van der Waals surface area contributed by atoms with Crippen LogP contribution in [-0.4, -0.2) is 44.4 Å². The smallest absolute Gasteiger partial charge is 0.323 e. The van der Waals surface area contributed by atoms with Crippen molar-refractivity contribution >= 4 is 34.0 Å². The number of aromatic nitrogens is 1. The molecule has 0 bridgehead atoms. The number of nitrogens with zero attached hydrogens (tertiary/aromatic N) is 2. The Labute approximate surface area is 204 Å². The van der Waals surface area contributed by atoms with Crippen molar-refractivity contribution in [3.63, 3.8) is 0 Å². The van der Waals surface area contributed by atoms with Gasteiger partial charge in [0.15, 0.2) is 0 Å². The predicted molar refractivity (Wildman–Crippen MR) is 141 cm³/mol. The van der Waals surface area contributed by atoms with Crippen molar-refractivity contribution < 1.29 is 14.3 Å². The first-order valence-electron chi connectivity index (χ1n) is 11.7. The molecular formula is C28H28N4O3. The molecule has 0 saturated carbocycles. The number of morpholine rings is 1. The lowest BCUT2D eigenvalue weighted by Gasteiger charge is -2.30. The minimum Gasteiger partial charge on any atom is -0.495 e. The summed E-state index contributed by atoms with van der Waals surface area (Å²) in [6, 6.07) is 23.3. The zero-order valence-electron chi connectivity index (χ0n) is 19.9. The van der Waals surface area contributed by atoms with Gasteiger partial charge in [-0.25, -0.2) is 9.78 Å². The van der Waals surface area contributed by atoms with E-state index in [4.69, 9.17) is 14.5 Å². The largest absolute Gasteiger partial charge is 0.495 e. The van der Waals surface area contributed by atoms with E-state index in [-0.39, 0.29) is 6.03 Å². The van der Waals surface area contributed by atoms with E-state index in [9.17, 15) is 4.79 Å². The number of nitrogens with one attached hydrogen (secondary N) is 2. The maximum Gasteiger partial charge on any atom is 0.323 e. The van der Waals surface area contributed by atoms with Crippen LogP contribution in [0, 0.1) is 6.92 Å². The molecule has 0 aliphatic carbocycles. The van der Waals surface area contributed by atoms with E-state index in [1.807, 2.05) is 30.3 Å². The summed E-state index contributed by atoms with van der Waals surface area (Å²) in [5.41, 5.74) is 6.46. The number of rotatable bonds is 5. The second-order valence-electron chi connectivity index (χ2n) is 8.50. The summed E-state index contributed by atoms with van der Waals surface area (Å²) >= 11 is 0. The number of amides is 2. The molecule has 1 aliphatic rings. The second kappa shape index (κ2) is 10.0. The summed E-state index contributed by atoms with van der Waals surface area (Å²) in [6.45, 7) is 5.05. The maximum atomic E-state index is 12.7.